The van der Waals surface area contributed by atoms with Crippen LogP contribution in [-0.4, -0.2) is 54.6 Å². The van der Waals surface area contributed by atoms with Crippen LogP contribution in [-0.2, 0) is 39.7 Å². The number of nitrogens with one attached hydrogen (secondary N) is 2. The molecule has 4 aromatic rings. The van der Waals surface area contributed by atoms with Gasteiger partial charge >= 0.3 is 11.9 Å². The zero-order chi connectivity index (χ0) is 35.2. The Morgan fingerprint density at radius 1 is 1.10 bits per heavy atom. The Balaban J connectivity index is 1.06. The molecule has 0 spiro atoms. The summed E-state index contributed by atoms with van der Waals surface area (Å²) < 4.78 is 44.4. The fraction of sp³-hybridized carbons (Fsp3) is 0.353. The lowest BCUT2D eigenvalue weighted by Crippen LogP contribution is -2.45. The number of carbonyl (C=O) groups is 3. The van der Waals surface area contributed by atoms with Gasteiger partial charge in [0.2, 0.25) is 11.8 Å². The molecule has 1 atom stereocenters. The number of likely N-dealkylation sites (tertiary alicyclic amines) is 1. The summed E-state index contributed by atoms with van der Waals surface area (Å²) in [7, 11) is 1.66. The van der Waals surface area contributed by atoms with E-state index in [-0.39, 0.29) is 36.0 Å². The van der Waals surface area contributed by atoms with Crippen molar-refractivity contribution in [2.24, 2.45) is 13.0 Å². The number of aryl methyl sites for hydroxylation is 1. The zero-order valence-electron chi connectivity index (χ0n) is 26.8. The number of anilines is 1. The molecule has 2 aromatic heterocycles. The van der Waals surface area contributed by atoms with Crippen molar-refractivity contribution in [3.8, 4) is 17.9 Å². The Hall–Kier alpha value is -5.67. The van der Waals surface area contributed by atoms with E-state index in [1.54, 1.807) is 27.1 Å². The van der Waals surface area contributed by atoms with Gasteiger partial charge in [0.15, 0.2) is 0 Å². The van der Waals surface area contributed by atoms with Crippen molar-refractivity contribution in [3.05, 3.63) is 81.5 Å². The maximum atomic E-state index is 13.4. The van der Waals surface area contributed by atoms with Crippen molar-refractivity contribution in [1.82, 2.24) is 29.1 Å². The molecule has 0 radical (unpaired) electrons. The molecule has 1 unspecified atom stereocenters. The largest absolute Gasteiger partial charge is 0.417 e. The molecule has 2 saturated heterocycles. The van der Waals surface area contributed by atoms with Gasteiger partial charge < -0.3 is 5.32 Å². The number of imide groups is 1. The third-order valence-electron chi connectivity index (χ3n) is 8.87. The second-order valence-electron chi connectivity index (χ2n) is 12.7. The lowest BCUT2D eigenvalue weighted by Gasteiger charge is -2.36. The Kier molecular flexibility index (Phi) is 8.42. The molecule has 2 aliphatic rings. The summed E-state index contributed by atoms with van der Waals surface area (Å²) in [5.41, 5.74) is -0.469. The van der Waals surface area contributed by atoms with Gasteiger partial charge in [-0.05, 0) is 56.2 Å². The second-order valence-corrected chi connectivity index (χ2v) is 12.7. The van der Waals surface area contributed by atoms with E-state index in [1.807, 2.05) is 18.2 Å². The molecule has 0 aliphatic carbocycles. The van der Waals surface area contributed by atoms with E-state index in [0.29, 0.717) is 36.2 Å². The summed E-state index contributed by atoms with van der Waals surface area (Å²) in [4.78, 5) is 52.4. The highest BCUT2D eigenvalue weighted by Gasteiger charge is 2.36. The van der Waals surface area contributed by atoms with Crippen LogP contribution in [0.4, 0.5) is 18.9 Å². The Morgan fingerprint density at radius 2 is 1.86 bits per heavy atom. The fourth-order valence-corrected chi connectivity index (χ4v) is 6.01. The number of rotatable bonds is 6. The minimum Gasteiger partial charge on any atom is -0.324 e. The molecule has 15 heteroatoms. The molecule has 12 nitrogen and oxygen atoms in total. The molecule has 4 heterocycles. The van der Waals surface area contributed by atoms with Crippen LogP contribution in [0.2, 0.25) is 0 Å². The normalized spacial score (nSPS) is 17.2. The Labute approximate surface area is 278 Å². The van der Waals surface area contributed by atoms with Crippen LogP contribution < -0.4 is 16.3 Å². The average Bonchev–Trinajstić information content (AvgIpc) is 3.61. The van der Waals surface area contributed by atoms with Crippen molar-refractivity contribution in [1.29, 1.82) is 5.26 Å². The van der Waals surface area contributed by atoms with Crippen LogP contribution in [0.5, 0.6) is 0 Å². The highest BCUT2D eigenvalue weighted by Crippen LogP contribution is 2.34. The molecule has 2 fully saturated rings. The van der Waals surface area contributed by atoms with Crippen molar-refractivity contribution < 1.29 is 27.6 Å². The number of carbonyl (C=O) groups excluding carboxylic acids is 3. The lowest BCUT2D eigenvalue weighted by molar-refractivity contribution is -0.138. The van der Waals surface area contributed by atoms with Gasteiger partial charge in [0, 0.05) is 50.9 Å². The first kappa shape index (κ1) is 33.2. The first-order chi connectivity index (χ1) is 23.1. The van der Waals surface area contributed by atoms with E-state index >= 15 is 0 Å². The van der Waals surface area contributed by atoms with Crippen LogP contribution in [0.25, 0.3) is 11.0 Å². The zero-order valence-corrected chi connectivity index (χ0v) is 26.8. The molecule has 252 valence electrons. The summed E-state index contributed by atoms with van der Waals surface area (Å²) >= 11 is 0. The predicted octanol–water partition coefficient (Wildman–Crippen LogP) is 3.26. The van der Waals surface area contributed by atoms with Gasteiger partial charge in [-0.15, -0.1) is 0 Å². The fourth-order valence-electron chi connectivity index (χ4n) is 6.01. The van der Waals surface area contributed by atoms with Gasteiger partial charge in [-0.1, -0.05) is 17.9 Å². The number of hydrogen-bond donors (Lipinski definition) is 2. The highest BCUT2D eigenvalue weighted by atomic mass is 19.4. The molecule has 49 heavy (non-hydrogen) atoms. The number of piperidine rings is 1. The van der Waals surface area contributed by atoms with Crippen LogP contribution >= 0.6 is 0 Å². The van der Waals surface area contributed by atoms with Crippen molar-refractivity contribution in [2.45, 2.75) is 51.0 Å². The first-order valence-corrected chi connectivity index (χ1v) is 15.4. The lowest BCUT2D eigenvalue weighted by atomic mass is 9.99. The monoisotopic (exact) mass is 672 g/mol. The van der Waals surface area contributed by atoms with Gasteiger partial charge in [-0.2, -0.15) is 23.5 Å². The van der Waals surface area contributed by atoms with E-state index in [0.717, 1.165) is 17.7 Å². The van der Waals surface area contributed by atoms with Gasteiger partial charge in [-0.25, -0.2) is 4.79 Å². The summed E-state index contributed by atoms with van der Waals surface area (Å²) in [5.74, 6) is 4.98. The van der Waals surface area contributed by atoms with E-state index in [4.69, 9.17) is 5.26 Å². The quantitative estimate of drug-likeness (QED) is 0.236. The number of nitrogens with zero attached hydrogens (tertiary/aromatic N) is 6. The maximum absolute atomic E-state index is 13.4. The number of amides is 3. The number of nitriles is 1. The van der Waals surface area contributed by atoms with Crippen LogP contribution in [0.15, 0.2) is 53.6 Å². The summed E-state index contributed by atoms with van der Waals surface area (Å²) in [6.45, 7) is 5.21. The van der Waals surface area contributed by atoms with Crippen molar-refractivity contribution >= 4 is 34.4 Å². The maximum Gasteiger partial charge on any atom is 0.417 e. The standard InChI is InChI=1S/C34H31F3N8O4/c1-33(2,31(48)40-24-8-7-23(14-38)25(13-24)34(35,36)37)44-19-21(15-39-44)4-5-22-17-43(18-22)16-20-6-9-26-28(12-20)42(3)32(49)45(26)27-10-11-29(46)41-30(27)47/h6-9,12-13,15,19,22,27H,10-11,16-18H2,1-3H3,(H,40,48)(H,41,46,47). The van der Waals surface area contributed by atoms with Crippen molar-refractivity contribution in [2.75, 3.05) is 18.4 Å². The Morgan fingerprint density at radius 3 is 2.55 bits per heavy atom. The number of halogens is 3. The smallest absolute Gasteiger partial charge is 0.324 e. The molecular weight excluding hydrogens is 641 g/mol. The number of imidazole rings is 1. The molecule has 0 bridgehead atoms. The Bertz CT molecular complexity index is 2170. The second kappa shape index (κ2) is 12.4. The highest BCUT2D eigenvalue weighted by molar-refractivity contribution is 6.00. The van der Waals surface area contributed by atoms with E-state index < -0.39 is 40.7 Å². The molecular formula is C34H31F3N8O4. The van der Waals surface area contributed by atoms with Crippen LogP contribution in [0, 0.1) is 29.1 Å². The van der Waals surface area contributed by atoms with Gasteiger partial charge in [0.25, 0.3) is 5.91 Å². The first-order valence-electron chi connectivity index (χ1n) is 15.4. The topological polar surface area (TPSA) is 147 Å². The predicted molar refractivity (Wildman–Crippen MR) is 171 cm³/mol. The van der Waals surface area contributed by atoms with Gasteiger partial charge in [0.1, 0.15) is 11.6 Å². The summed E-state index contributed by atoms with van der Waals surface area (Å²) in [5, 5.41) is 18.1. The van der Waals surface area contributed by atoms with Crippen LogP contribution in [0.1, 0.15) is 55.0 Å². The van der Waals surface area contributed by atoms with E-state index in [9.17, 15) is 32.3 Å². The number of hydrogen-bond acceptors (Lipinski definition) is 7. The summed E-state index contributed by atoms with van der Waals surface area (Å²) in [6.07, 6.45) is -1.19. The number of alkyl halides is 3. The third kappa shape index (κ3) is 6.45. The number of aromatic nitrogens is 4. The van der Waals surface area contributed by atoms with Crippen molar-refractivity contribution in [3.63, 3.8) is 0 Å². The molecule has 6 rings (SSSR count). The molecule has 3 amide bonds. The van der Waals surface area contributed by atoms with Gasteiger partial charge in [-0.3, -0.25) is 38.4 Å². The average molecular weight is 673 g/mol. The van der Waals surface area contributed by atoms with Crippen LogP contribution in [0.3, 0.4) is 0 Å². The van der Waals surface area contributed by atoms with E-state index in [2.05, 4.69) is 32.5 Å². The summed E-state index contributed by atoms with van der Waals surface area (Å²) in [6, 6.07) is 9.44. The molecule has 2 N–H and O–H groups in total. The minimum absolute atomic E-state index is 0.0966. The minimum atomic E-state index is -4.75. The SMILES string of the molecule is Cn1c(=O)n(C2CCC(=O)NC2=O)c2ccc(CN3CC(C#Cc4cnn(C(C)(C)C(=O)Nc5ccc(C#N)c(C(F)(F)F)c5)c4)C3)cc21. The number of benzene rings is 2. The third-order valence-corrected chi connectivity index (χ3v) is 8.87. The van der Waals surface area contributed by atoms with Gasteiger partial charge in [0.05, 0.1) is 40.0 Å². The van der Waals surface area contributed by atoms with E-state index in [1.165, 1.54) is 32.1 Å². The molecule has 2 aromatic carbocycles. The number of fused-ring (bicyclic) bond motifs is 1. The molecule has 0 saturated carbocycles. The molecule has 2 aliphatic heterocycles.